The number of H-pyrrole nitrogens is 1. The van der Waals surface area contributed by atoms with Crippen LogP contribution in [0.3, 0.4) is 0 Å². The number of fused-ring (bicyclic) bond motifs is 1. The standard InChI is InChI=1S/C16H18N4O3/c1-17-15(22)12-8-4-5-9-20(12)16(23)13-10-6-2-3-7-11(10)14(21)19-18-13/h2-3,6-7,12H,4-5,8-9H2,1H3,(H,17,22)(H,19,21)/t12-/m1/s1. The Labute approximate surface area is 132 Å². The molecule has 0 aliphatic carbocycles. The maximum atomic E-state index is 12.9. The van der Waals surface area contributed by atoms with Crippen LogP contribution in [0, 0.1) is 0 Å². The van der Waals surface area contributed by atoms with E-state index in [-0.39, 0.29) is 23.1 Å². The van der Waals surface area contributed by atoms with Gasteiger partial charge in [-0.1, -0.05) is 18.2 Å². The van der Waals surface area contributed by atoms with Gasteiger partial charge in [-0.25, -0.2) is 5.10 Å². The largest absolute Gasteiger partial charge is 0.357 e. The van der Waals surface area contributed by atoms with E-state index in [1.165, 1.54) is 0 Å². The number of amides is 2. The van der Waals surface area contributed by atoms with Gasteiger partial charge in [-0.3, -0.25) is 14.4 Å². The molecule has 1 aliphatic heterocycles. The Morgan fingerprint density at radius 2 is 2.00 bits per heavy atom. The molecule has 1 atom stereocenters. The van der Waals surface area contributed by atoms with Crippen LogP contribution in [0.15, 0.2) is 29.1 Å². The Balaban J connectivity index is 2.04. The number of piperidine rings is 1. The van der Waals surface area contributed by atoms with Crippen LogP contribution < -0.4 is 10.9 Å². The molecule has 1 aromatic heterocycles. The fourth-order valence-electron chi connectivity index (χ4n) is 3.03. The lowest BCUT2D eigenvalue weighted by Gasteiger charge is -2.34. The first-order valence-electron chi connectivity index (χ1n) is 7.63. The van der Waals surface area contributed by atoms with Gasteiger partial charge in [0, 0.05) is 19.0 Å². The van der Waals surface area contributed by atoms with Gasteiger partial charge in [0.15, 0.2) is 5.69 Å². The Kier molecular flexibility index (Phi) is 4.10. The van der Waals surface area contributed by atoms with Gasteiger partial charge < -0.3 is 10.2 Å². The van der Waals surface area contributed by atoms with E-state index in [4.69, 9.17) is 0 Å². The SMILES string of the molecule is CNC(=O)[C@H]1CCCCN1C(=O)c1n[nH]c(=O)c2ccccc12. The molecule has 120 valence electrons. The summed E-state index contributed by atoms with van der Waals surface area (Å²) >= 11 is 0. The summed E-state index contributed by atoms with van der Waals surface area (Å²) in [4.78, 5) is 38.4. The lowest BCUT2D eigenvalue weighted by Crippen LogP contribution is -2.51. The van der Waals surface area contributed by atoms with E-state index < -0.39 is 6.04 Å². The predicted molar refractivity (Wildman–Crippen MR) is 85.1 cm³/mol. The summed E-state index contributed by atoms with van der Waals surface area (Å²) in [6.45, 7) is 0.506. The molecule has 2 amide bonds. The third kappa shape index (κ3) is 2.69. The second-order valence-corrected chi connectivity index (χ2v) is 5.57. The summed E-state index contributed by atoms with van der Waals surface area (Å²) in [6.07, 6.45) is 2.38. The van der Waals surface area contributed by atoms with Gasteiger partial charge in [0.25, 0.3) is 11.5 Å². The number of likely N-dealkylation sites (N-methyl/N-ethyl adjacent to an activating group) is 1. The smallest absolute Gasteiger partial charge is 0.275 e. The summed E-state index contributed by atoms with van der Waals surface area (Å²) in [5, 5.41) is 9.83. The Morgan fingerprint density at radius 3 is 2.74 bits per heavy atom. The van der Waals surface area contributed by atoms with Crippen LogP contribution in [0.4, 0.5) is 0 Å². The van der Waals surface area contributed by atoms with Crippen LogP contribution in [0.2, 0.25) is 0 Å². The highest BCUT2D eigenvalue weighted by Crippen LogP contribution is 2.21. The summed E-state index contributed by atoms with van der Waals surface area (Å²) in [5.41, 5.74) is -0.158. The number of carbonyl (C=O) groups is 2. The van der Waals surface area contributed by atoms with E-state index in [0.29, 0.717) is 23.7 Å². The summed E-state index contributed by atoms with van der Waals surface area (Å²) in [5.74, 6) is -0.502. The van der Waals surface area contributed by atoms with Crippen molar-refractivity contribution in [1.82, 2.24) is 20.4 Å². The zero-order valence-corrected chi connectivity index (χ0v) is 12.8. The molecule has 7 heteroatoms. The van der Waals surface area contributed by atoms with Gasteiger partial charge >= 0.3 is 0 Å². The summed E-state index contributed by atoms with van der Waals surface area (Å²) < 4.78 is 0. The normalized spacial score (nSPS) is 18.0. The number of nitrogens with one attached hydrogen (secondary N) is 2. The van der Waals surface area contributed by atoms with Crippen molar-refractivity contribution in [3.8, 4) is 0 Å². The molecule has 23 heavy (non-hydrogen) atoms. The van der Waals surface area contributed by atoms with Crippen LogP contribution in [0.25, 0.3) is 10.8 Å². The molecule has 0 saturated carbocycles. The van der Waals surface area contributed by atoms with E-state index >= 15 is 0 Å². The maximum Gasteiger partial charge on any atom is 0.275 e. The second-order valence-electron chi connectivity index (χ2n) is 5.57. The van der Waals surface area contributed by atoms with Gasteiger partial charge in [0.05, 0.1) is 5.39 Å². The lowest BCUT2D eigenvalue weighted by molar-refractivity contribution is -0.126. The third-order valence-corrected chi connectivity index (χ3v) is 4.21. The zero-order chi connectivity index (χ0) is 16.4. The van der Waals surface area contributed by atoms with Gasteiger partial charge in [-0.15, -0.1) is 0 Å². The highest BCUT2D eigenvalue weighted by Gasteiger charge is 2.33. The molecule has 2 N–H and O–H groups in total. The third-order valence-electron chi connectivity index (χ3n) is 4.21. The second kappa shape index (κ2) is 6.20. The minimum Gasteiger partial charge on any atom is -0.357 e. The summed E-state index contributed by atoms with van der Waals surface area (Å²) in [6, 6.07) is 6.35. The Bertz CT molecular complexity index is 814. The minimum absolute atomic E-state index is 0.174. The fourth-order valence-corrected chi connectivity index (χ4v) is 3.03. The fraction of sp³-hybridized carbons (Fsp3) is 0.375. The van der Waals surface area contributed by atoms with Crippen LogP contribution in [0.1, 0.15) is 29.8 Å². The highest BCUT2D eigenvalue weighted by atomic mass is 16.2. The maximum absolute atomic E-state index is 12.9. The molecule has 1 saturated heterocycles. The molecule has 3 rings (SSSR count). The molecule has 0 spiro atoms. The molecule has 0 bridgehead atoms. The molecule has 0 radical (unpaired) electrons. The van der Waals surface area contributed by atoms with Crippen molar-refractivity contribution in [2.45, 2.75) is 25.3 Å². The number of hydrogen-bond acceptors (Lipinski definition) is 4. The van der Waals surface area contributed by atoms with E-state index in [2.05, 4.69) is 15.5 Å². The number of aromatic amines is 1. The number of aromatic nitrogens is 2. The number of carbonyl (C=O) groups excluding carboxylic acids is 2. The molecule has 1 aromatic carbocycles. The Morgan fingerprint density at radius 1 is 1.26 bits per heavy atom. The van der Waals surface area contributed by atoms with Gasteiger partial charge in [-0.05, 0) is 25.3 Å². The van der Waals surface area contributed by atoms with Crippen LogP contribution in [-0.4, -0.2) is 46.5 Å². The average molecular weight is 314 g/mol. The van der Waals surface area contributed by atoms with Crippen molar-refractivity contribution in [2.75, 3.05) is 13.6 Å². The number of rotatable bonds is 2. The molecule has 7 nitrogen and oxygen atoms in total. The molecule has 1 fully saturated rings. The molecule has 2 aromatic rings. The Hall–Kier alpha value is -2.70. The number of nitrogens with zero attached hydrogens (tertiary/aromatic N) is 2. The van der Waals surface area contributed by atoms with E-state index in [0.717, 1.165) is 12.8 Å². The molecular formula is C16H18N4O3. The number of benzene rings is 1. The first-order valence-corrected chi connectivity index (χ1v) is 7.63. The van der Waals surface area contributed by atoms with Crippen LogP contribution >= 0.6 is 0 Å². The van der Waals surface area contributed by atoms with Crippen molar-refractivity contribution in [3.63, 3.8) is 0 Å². The first kappa shape index (κ1) is 15.2. The highest BCUT2D eigenvalue weighted by molar-refractivity contribution is 6.06. The summed E-state index contributed by atoms with van der Waals surface area (Å²) in [7, 11) is 1.56. The van der Waals surface area contributed by atoms with Crippen LogP contribution in [0.5, 0.6) is 0 Å². The quantitative estimate of drug-likeness (QED) is 0.851. The zero-order valence-electron chi connectivity index (χ0n) is 12.8. The molecular weight excluding hydrogens is 296 g/mol. The number of hydrogen-bond donors (Lipinski definition) is 2. The van der Waals surface area contributed by atoms with Crippen molar-refractivity contribution in [1.29, 1.82) is 0 Å². The van der Waals surface area contributed by atoms with E-state index in [1.807, 2.05) is 0 Å². The predicted octanol–water partition coefficient (Wildman–Crippen LogP) is 0.664. The van der Waals surface area contributed by atoms with Gasteiger partial charge in [0.2, 0.25) is 5.91 Å². The average Bonchev–Trinajstić information content (AvgIpc) is 2.61. The molecule has 1 aliphatic rings. The molecule has 2 heterocycles. The van der Waals surface area contributed by atoms with Crippen LogP contribution in [-0.2, 0) is 4.79 Å². The molecule has 0 unspecified atom stereocenters. The minimum atomic E-state index is -0.492. The first-order chi connectivity index (χ1) is 11.1. The van der Waals surface area contributed by atoms with Crippen molar-refractivity contribution in [3.05, 3.63) is 40.3 Å². The number of likely N-dealkylation sites (tertiary alicyclic amines) is 1. The monoisotopic (exact) mass is 314 g/mol. The topological polar surface area (TPSA) is 95.2 Å². The van der Waals surface area contributed by atoms with E-state index in [1.54, 1.807) is 36.2 Å². The lowest BCUT2D eigenvalue weighted by atomic mass is 10.00. The van der Waals surface area contributed by atoms with E-state index in [9.17, 15) is 14.4 Å². The van der Waals surface area contributed by atoms with Gasteiger partial charge in [0.1, 0.15) is 6.04 Å². The van der Waals surface area contributed by atoms with Crippen molar-refractivity contribution < 1.29 is 9.59 Å². The van der Waals surface area contributed by atoms with Gasteiger partial charge in [-0.2, -0.15) is 5.10 Å². The van der Waals surface area contributed by atoms with Crippen molar-refractivity contribution in [2.24, 2.45) is 0 Å². The van der Waals surface area contributed by atoms with Crippen molar-refractivity contribution >= 4 is 22.6 Å².